The molecule has 0 aliphatic carbocycles. The van der Waals surface area contributed by atoms with Crippen LogP contribution in [-0.4, -0.2) is 19.6 Å². The molecule has 0 spiro atoms. The Balaban J connectivity index is 1.94. The van der Waals surface area contributed by atoms with E-state index in [1.165, 1.54) is 5.56 Å². The quantitative estimate of drug-likeness (QED) is 0.794. The van der Waals surface area contributed by atoms with E-state index in [-0.39, 0.29) is 0 Å². The van der Waals surface area contributed by atoms with Gasteiger partial charge in [0.25, 0.3) is 0 Å². The topological polar surface area (TPSA) is 50.9 Å². The van der Waals surface area contributed by atoms with Gasteiger partial charge in [0.1, 0.15) is 11.3 Å². The number of aliphatic hydroxyl groups excluding tert-OH is 1. The van der Waals surface area contributed by atoms with Crippen molar-refractivity contribution >= 4 is 11.0 Å². The largest absolute Gasteiger partial charge is 0.389 e. The van der Waals surface area contributed by atoms with Crippen LogP contribution in [0.3, 0.4) is 0 Å². The first kappa shape index (κ1) is 12.8. The Labute approximate surface area is 117 Å². The molecule has 2 aromatic heterocycles. The molecule has 1 unspecified atom stereocenters. The van der Waals surface area contributed by atoms with Crippen molar-refractivity contribution in [3.63, 3.8) is 0 Å². The van der Waals surface area contributed by atoms with Gasteiger partial charge in [-0.05, 0) is 31.0 Å². The van der Waals surface area contributed by atoms with Crippen LogP contribution in [0.15, 0.2) is 42.7 Å². The monoisotopic (exact) mass is 267 g/mol. The molecule has 2 heterocycles. The summed E-state index contributed by atoms with van der Waals surface area (Å²) in [4.78, 5) is 8.62. The van der Waals surface area contributed by atoms with Crippen molar-refractivity contribution in [3.8, 4) is 0 Å². The lowest BCUT2D eigenvalue weighted by atomic mass is 10.1. The van der Waals surface area contributed by atoms with Crippen LogP contribution in [0, 0.1) is 6.92 Å². The van der Waals surface area contributed by atoms with Crippen LogP contribution in [0.2, 0.25) is 0 Å². The Kier molecular flexibility index (Phi) is 3.24. The van der Waals surface area contributed by atoms with E-state index in [4.69, 9.17) is 0 Å². The van der Waals surface area contributed by atoms with Crippen LogP contribution < -0.4 is 0 Å². The fourth-order valence-electron chi connectivity index (χ4n) is 2.39. The van der Waals surface area contributed by atoms with Gasteiger partial charge in [-0.1, -0.05) is 24.3 Å². The number of hydrogen-bond acceptors (Lipinski definition) is 3. The molecule has 20 heavy (non-hydrogen) atoms. The molecule has 3 aromatic rings. The highest BCUT2D eigenvalue weighted by molar-refractivity contribution is 5.74. The van der Waals surface area contributed by atoms with Crippen molar-refractivity contribution < 1.29 is 5.11 Å². The summed E-state index contributed by atoms with van der Waals surface area (Å²) in [6.07, 6.45) is 3.15. The normalized spacial score (nSPS) is 12.8. The molecule has 0 radical (unpaired) electrons. The molecule has 4 nitrogen and oxygen atoms in total. The predicted molar refractivity (Wildman–Crippen MR) is 78.4 cm³/mol. The highest BCUT2D eigenvalue weighted by Crippen LogP contribution is 2.18. The number of hydrogen-bond donors (Lipinski definition) is 1. The zero-order chi connectivity index (χ0) is 14.1. The van der Waals surface area contributed by atoms with E-state index in [9.17, 15) is 5.11 Å². The van der Waals surface area contributed by atoms with Crippen LogP contribution in [0.25, 0.3) is 11.0 Å². The molecule has 0 saturated heterocycles. The second-order valence-corrected chi connectivity index (χ2v) is 5.03. The lowest BCUT2D eigenvalue weighted by molar-refractivity contribution is 0.199. The summed E-state index contributed by atoms with van der Waals surface area (Å²) in [6, 6.07) is 10.0. The van der Waals surface area contributed by atoms with Gasteiger partial charge in [-0.25, -0.2) is 4.98 Å². The lowest BCUT2D eigenvalue weighted by Crippen LogP contribution is -2.02. The minimum absolute atomic E-state index is 0.425. The summed E-state index contributed by atoms with van der Waals surface area (Å²) in [7, 11) is 0. The van der Waals surface area contributed by atoms with Gasteiger partial charge in [0.05, 0.1) is 17.8 Å². The standard InChI is InChI=1S/C16H17N3O/c1-11(20)14-5-3-13(4-6-14)10-19-12(2)18-15-9-17-8-7-16(15)19/h3-9,11,20H,10H2,1-2H3. The van der Waals surface area contributed by atoms with E-state index in [1.54, 1.807) is 19.3 Å². The number of nitrogens with zero attached hydrogens (tertiary/aromatic N) is 3. The summed E-state index contributed by atoms with van der Waals surface area (Å²) in [6.45, 7) is 4.55. The maximum atomic E-state index is 9.53. The molecule has 0 saturated carbocycles. The highest BCUT2D eigenvalue weighted by Gasteiger charge is 2.08. The van der Waals surface area contributed by atoms with Crippen LogP contribution in [0.1, 0.15) is 30.0 Å². The van der Waals surface area contributed by atoms with Gasteiger partial charge in [0.15, 0.2) is 0 Å². The number of aromatic nitrogens is 3. The van der Waals surface area contributed by atoms with E-state index in [0.29, 0.717) is 0 Å². The first-order valence-corrected chi connectivity index (χ1v) is 6.69. The second-order valence-electron chi connectivity index (χ2n) is 5.03. The average molecular weight is 267 g/mol. The van der Waals surface area contributed by atoms with Crippen LogP contribution in [-0.2, 0) is 6.54 Å². The summed E-state index contributed by atoms with van der Waals surface area (Å²) in [5.41, 5.74) is 4.14. The van der Waals surface area contributed by atoms with Gasteiger partial charge < -0.3 is 9.67 Å². The molecule has 0 aliphatic rings. The lowest BCUT2D eigenvalue weighted by Gasteiger charge is -2.09. The van der Waals surface area contributed by atoms with Crippen LogP contribution in [0.4, 0.5) is 0 Å². The molecule has 1 aromatic carbocycles. The molecule has 1 N–H and O–H groups in total. The van der Waals surface area contributed by atoms with Crippen molar-refractivity contribution in [2.75, 3.05) is 0 Å². The first-order chi connectivity index (χ1) is 9.65. The van der Waals surface area contributed by atoms with E-state index in [1.807, 2.05) is 25.1 Å². The van der Waals surface area contributed by atoms with Gasteiger partial charge in [-0.2, -0.15) is 0 Å². The maximum absolute atomic E-state index is 9.53. The molecule has 4 heteroatoms. The third-order valence-electron chi connectivity index (χ3n) is 3.54. The van der Waals surface area contributed by atoms with Gasteiger partial charge in [-0.3, -0.25) is 4.98 Å². The molecular formula is C16H17N3O. The first-order valence-electron chi connectivity index (χ1n) is 6.69. The summed E-state index contributed by atoms with van der Waals surface area (Å²) >= 11 is 0. The molecule has 0 aliphatic heterocycles. The fourth-order valence-corrected chi connectivity index (χ4v) is 2.39. The molecule has 1 atom stereocenters. The van der Waals surface area contributed by atoms with Gasteiger partial charge >= 0.3 is 0 Å². The molecular weight excluding hydrogens is 250 g/mol. The van der Waals surface area contributed by atoms with Crippen LogP contribution >= 0.6 is 0 Å². The highest BCUT2D eigenvalue weighted by atomic mass is 16.3. The molecule has 0 bridgehead atoms. The third kappa shape index (κ3) is 2.30. The number of aryl methyl sites for hydroxylation is 1. The minimum atomic E-state index is -0.425. The maximum Gasteiger partial charge on any atom is 0.107 e. The molecule has 0 fully saturated rings. The van der Waals surface area contributed by atoms with Crippen molar-refractivity contribution in [3.05, 3.63) is 59.7 Å². The zero-order valence-corrected chi connectivity index (χ0v) is 11.6. The molecule has 0 amide bonds. The molecule has 102 valence electrons. The van der Waals surface area contributed by atoms with Crippen molar-refractivity contribution in [1.82, 2.24) is 14.5 Å². The van der Waals surface area contributed by atoms with Crippen molar-refractivity contribution in [2.24, 2.45) is 0 Å². The average Bonchev–Trinajstić information content (AvgIpc) is 2.76. The Morgan fingerprint density at radius 2 is 1.95 bits per heavy atom. The molecule has 3 rings (SSSR count). The van der Waals surface area contributed by atoms with Gasteiger partial charge in [0.2, 0.25) is 0 Å². The van der Waals surface area contributed by atoms with Crippen molar-refractivity contribution in [2.45, 2.75) is 26.5 Å². The number of imidazole rings is 1. The number of fused-ring (bicyclic) bond motifs is 1. The summed E-state index contributed by atoms with van der Waals surface area (Å²) in [5, 5.41) is 9.53. The SMILES string of the molecule is Cc1nc2cnccc2n1Cc1ccc(C(C)O)cc1. The predicted octanol–water partition coefficient (Wildman–Crippen LogP) is 2.84. The van der Waals surface area contributed by atoms with Gasteiger partial charge in [-0.15, -0.1) is 0 Å². The summed E-state index contributed by atoms with van der Waals surface area (Å²) in [5.74, 6) is 0.979. The number of pyridine rings is 1. The van der Waals surface area contributed by atoms with E-state index in [2.05, 4.69) is 26.7 Å². The van der Waals surface area contributed by atoms with E-state index >= 15 is 0 Å². The van der Waals surface area contributed by atoms with Crippen molar-refractivity contribution in [1.29, 1.82) is 0 Å². The van der Waals surface area contributed by atoms with Gasteiger partial charge in [0, 0.05) is 12.7 Å². The zero-order valence-electron chi connectivity index (χ0n) is 11.6. The fraction of sp³-hybridized carbons (Fsp3) is 0.250. The smallest absolute Gasteiger partial charge is 0.107 e. The number of benzene rings is 1. The Morgan fingerprint density at radius 1 is 1.20 bits per heavy atom. The van der Waals surface area contributed by atoms with E-state index in [0.717, 1.165) is 29.0 Å². The van der Waals surface area contributed by atoms with Crippen LogP contribution in [0.5, 0.6) is 0 Å². The third-order valence-corrected chi connectivity index (χ3v) is 3.54. The number of aliphatic hydroxyl groups is 1. The second kappa shape index (κ2) is 5.06. The Bertz CT molecular complexity index is 729. The minimum Gasteiger partial charge on any atom is -0.389 e. The summed E-state index contributed by atoms with van der Waals surface area (Å²) < 4.78 is 2.17. The Hall–Kier alpha value is -2.20. The Morgan fingerprint density at radius 3 is 2.65 bits per heavy atom. The number of rotatable bonds is 3. The van der Waals surface area contributed by atoms with E-state index < -0.39 is 6.10 Å².